The number of nitrogens with two attached hydrogens (primary N) is 1. The molecule has 0 aliphatic heterocycles. The molecule has 0 aromatic carbocycles. The zero-order chi connectivity index (χ0) is 13.7. The number of aromatic nitrogens is 4. The van der Waals surface area contributed by atoms with E-state index >= 15 is 0 Å². The lowest BCUT2D eigenvalue weighted by Crippen LogP contribution is -2.11. The summed E-state index contributed by atoms with van der Waals surface area (Å²) in [6.45, 7) is 0.354. The molecule has 0 aliphatic rings. The summed E-state index contributed by atoms with van der Waals surface area (Å²) < 4.78 is 10.1. The van der Waals surface area contributed by atoms with Gasteiger partial charge in [-0.05, 0) is 0 Å². The second-order valence-electron chi connectivity index (χ2n) is 3.59. The fraction of sp³-hybridized carbons (Fsp3) is 0.273. The van der Waals surface area contributed by atoms with E-state index in [1.54, 1.807) is 19.2 Å². The summed E-state index contributed by atoms with van der Waals surface area (Å²) in [7, 11) is 3.12. The molecule has 100 valence electrons. The largest absolute Gasteiger partial charge is 0.481 e. The number of nitrogens with one attached hydrogen (secondary N) is 1. The monoisotopic (exact) mass is 262 g/mol. The van der Waals surface area contributed by atoms with Gasteiger partial charge in [-0.25, -0.2) is 25.8 Å². The van der Waals surface area contributed by atoms with E-state index in [9.17, 15) is 0 Å². The smallest absolute Gasteiger partial charge is 0.216 e. The third-order valence-corrected chi connectivity index (χ3v) is 2.30. The van der Waals surface area contributed by atoms with E-state index in [1.165, 1.54) is 13.4 Å². The van der Waals surface area contributed by atoms with Gasteiger partial charge in [0.25, 0.3) is 0 Å². The molecule has 8 nitrogen and oxygen atoms in total. The Morgan fingerprint density at radius 2 is 2.05 bits per heavy atom. The predicted molar refractivity (Wildman–Crippen MR) is 68.1 cm³/mol. The molecule has 2 aromatic heterocycles. The van der Waals surface area contributed by atoms with E-state index in [0.29, 0.717) is 35.5 Å². The number of rotatable bonds is 5. The first-order chi connectivity index (χ1) is 9.26. The number of hydrogen-bond acceptors (Lipinski definition) is 8. The van der Waals surface area contributed by atoms with Crippen molar-refractivity contribution in [2.45, 2.75) is 6.61 Å². The molecule has 0 unspecified atom stereocenters. The van der Waals surface area contributed by atoms with Crippen molar-refractivity contribution in [3.63, 3.8) is 0 Å². The number of nitrogen functional groups attached to an aromatic ring is 1. The van der Waals surface area contributed by atoms with Crippen molar-refractivity contribution in [1.82, 2.24) is 19.9 Å². The SMILES string of the molecule is COCc1cc(NN)nc(-c2cc(OC)ncn2)n1. The highest BCUT2D eigenvalue weighted by Gasteiger charge is 2.09. The summed E-state index contributed by atoms with van der Waals surface area (Å²) in [5.41, 5.74) is 3.72. The molecule has 0 fully saturated rings. The number of ether oxygens (including phenoxy) is 2. The number of methoxy groups -OCH3 is 2. The van der Waals surface area contributed by atoms with Crippen LogP contribution >= 0.6 is 0 Å². The molecule has 3 N–H and O–H groups in total. The van der Waals surface area contributed by atoms with Gasteiger partial charge in [0.15, 0.2) is 5.82 Å². The van der Waals surface area contributed by atoms with E-state index in [1.807, 2.05) is 0 Å². The van der Waals surface area contributed by atoms with Gasteiger partial charge in [-0.2, -0.15) is 0 Å². The summed E-state index contributed by atoms with van der Waals surface area (Å²) in [4.78, 5) is 16.6. The average Bonchev–Trinajstić information content (AvgIpc) is 2.47. The summed E-state index contributed by atoms with van der Waals surface area (Å²) in [5, 5.41) is 0. The minimum absolute atomic E-state index is 0.354. The first kappa shape index (κ1) is 13.1. The number of hydrazine groups is 1. The van der Waals surface area contributed by atoms with E-state index in [2.05, 4.69) is 25.4 Å². The number of nitrogens with zero attached hydrogens (tertiary/aromatic N) is 4. The maximum atomic E-state index is 5.38. The Morgan fingerprint density at radius 1 is 1.21 bits per heavy atom. The van der Waals surface area contributed by atoms with Crippen LogP contribution in [0.5, 0.6) is 5.88 Å². The van der Waals surface area contributed by atoms with Gasteiger partial charge < -0.3 is 14.9 Å². The Bertz CT molecular complexity index is 563. The molecule has 0 saturated heterocycles. The topological polar surface area (TPSA) is 108 Å². The molecule has 8 heteroatoms. The Morgan fingerprint density at radius 3 is 2.74 bits per heavy atom. The summed E-state index contributed by atoms with van der Waals surface area (Å²) in [6, 6.07) is 3.34. The second-order valence-corrected chi connectivity index (χ2v) is 3.59. The van der Waals surface area contributed by atoms with Gasteiger partial charge in [0.1, 0.15) is 17.8 Å². The first-order valence-electron chi connectivity index (χ1n) is 5.46. The highest BCUT2D eigenvalue weighted by Crippen LogP contribution is 2.18. The number of hydrogen-bond donors (Lipinski definition) is 2. The van der Waals surface area contributed by atoms with Crippen molar-refractivity contribution in [3.05, 3.63) is 24.2 Å². The van der Waals surface area contributed by atoms with Crippen LogP contribution in [0.25, 0.3) is 11.5 Å². The van der Waals surface area contributed by atoms with Gasteiger partial charge >= 0.3 is 0 Å². The average molecular weight is 262 g/mol. The van der Waals surface area contributed by atoms with Gasteiger partial charge in [0.05, 0.1) is 19.4 Å². The van der Waals surface area contributed by atoms with Crippen LogP contribution in [0.15, 0.2) is 18.5 Å². The standard InChI is InChI=1S/C11H14N6O2/c1-18-5-7-3-9(17-12)16-11(15-7)8-4-10(19-2)14-6-13-8/h3-4,6H,5,12H2,1-2H3,(H,15,16,17). The van der Waals surface area contributed by atoms with Crippen LogP contribution < -0.4 is 16.0 Å². The van der Waals surface area contributed by atoms with E-state index < -0.39 is 0 Å². The zero-order valence-corrected chi connectivity index (χ0v) is 10.6. The molecular weight excluding hydrogens is 248 g/mol. The Balaban J connectivity index is 2.44. The van der Waals surface area contributed by atoms with Crippen LogP contribution in [0.3, 0.4) is 0 Å². The molecule has 0 amide bonds. The molecule has 2 aromatic rings. The van der Waals surface area contributed by atoms with Crippen molar-refractivity contribution < 1.29 is 9.47 Å². The molecule has 0 bridgehead atoms. The minimum atomic E-state index is 0.354. The first-order valence-corrected chi connectivity index (χ1v) is 5.46. The maximum Gasteiger partial charge on any atom is 0.216 e. The normalized spacial score (nSPS) is 10.3. The van der Waals surface area contributed by atoms with Crippen LogP contribution in [-0.2, 0) is 11.3 Å². The summed E-state index contributed by atoms with van der Waals surface area (Å²) >= 11 is 0. The summed E-state index contributed by atoms with van der Waals surface area (Å²) in [5.74, 6) is 6.72. The van der Waals surface area contributed by atoms with Crippen LogP contribution in [0, 0.1) is 0 Å². The Kier molecular flexibility index (Phi) is 4.16. The van der Waals surface area contributed by atoms with Crippen LogP contribution in [0.1, 0.15) is 5.69 Å². The molecule has 0 spiro atoms. The van der Waals surface area contributed by atoms with E-state index in [4.69, 9.17) is 15.3 Å². The highest BCUT2D eigenvalue weighted by molar-refractivity contribution is 5.53. The van der Waals surface area contributed by atoms with Gasteiger partial charge in [0, 0.05) is 19.2 Å². The van der Waals surface area contributed by atoms with Crippen LogP contribution in [-0.4, -0.2) is 34.2 Å². The van der Waals surface area contributed by atoms with Crippen molar-refractivity contribution in [2.75, 3.05) is 19.6 Å². The van der Waals surface area contributed by atoms with Gasteiger partial charge in [-0.15, -0.1) is 0 Å². The Hall–Kier alpha value is -2.32. The lowest BCUT2D eigenvalue weighted by atomic mass is 10.3. The maximum absolute atomic E-state index is 5.38. The van der Waals surface area contributed by atoms with Crippen LogP contribution in [0.2, 0.25) is 0 Å². The van der Waals surface area contributed by atoms with Gasteiger partial charge in [-0.1, -0.05) is 0 Å². The minimum Gasteiger partial charge on any atom is -0.481 e. The lowest BCUT2D eigenvalue weighted by Gasteiger charge is -2.07. The molecule has 2 heterocycles. The zero-order valence-electron chi connectivity index (χ0n) is 10.6. The molecule has 0 saturated carbocycles. The second kappa shape index (κ2) is 6.03. The van der Waals surface area contributed by atoms with Gasteiger partial charge in [-0.3, -0.25) is 0 Å². The molecule has 19 heavy (non-hydrogen) atoms. The third kappa shape index (κ3) is 3.12. The fourth-order valence-corrected chi connectivity index (χ4v) is 1.48. The van der Waals surface area contributed by atoms with Crippen LogP contribution in [0.4, 0.5) is 5.82 Å². The molecule has 2 rings (SSSR count). The number of anilines is 1. The molecule has 0 atom stereocenters. The van der Waals surface area contributed by atoms with Crippen molar-refractivity contribution in [3.8, 4) is 17.4 Å². The van der Waals surface area contributed by atoms with E-state index in [0.717, 1.165) is 0 Å². The van der Waals surface area contributed by atoms with E-state index in [-0.39, 0.29) is 0 Å². The summed E-state index contributed by atoms with van der Waals surface area (Å²) in [6.07, 6.45) is 1.38. The fourth-order valence-electron chi connectivity index (χ4n) is 1.48. The lowest BCUT2D eigenvalue weighted by molar-refractivity contribution is 0.181. The third-order valence-electron chi connectivity index (χ3n) is 2.30. The molecule has 0 radical (unpaired) electrons. The Labute approximate surface area is 110 Å². The van der Waals surface area contributed by atoms with Crippen molar-refractivity contribution in [1.29, 1.82) is 0 Å². The van der Waals surface area contributed by atoms with Crippen molar-refractivity contribution >= 4 is 5.82 Å². The quantitative estimate of drug-likeness (QED) is 0.588. The van der Waals surface area contributed by atoms with Gasteiger partial charge in [0.2, 0.25) is 5.88 Å². The molecule has 0 aliphatic carbocycles. The predicted octanol–water partition coefficient (Wildman–Crippen LogP) is 0.374. The molecular formula is C11H14N6O2. The highest BCUT2D eigenvalue weighted by atomic mass is 16.5. The van der Waals surface area contributed by atoms with Crippen molar-refractivity contribution in [2.24, 2.45) is 5.84 Å².